The predicted octanol–water partition coefficient (Wildman–Crippen LogP) is 6.62. The number of aliphatic carboxylic acids is 1. The number of thioether (sulfide) groups is 1. The third kappa shape index (κ3) is 7.29. The molecule has 7 nitrogen and oxygen atoms in total. The van der Waals surface area contributed by atoms with Crippen molar-refractivity contribution in [3.05, 3.63) is 100 Å². The maximum absolute atomic E-state index is 13.2. The number of amides is 1. The second-order valence-electron chi connectivity index (χ2n) is 8.94. The van der Waals surface area contributed by atoms with E-state index < -0.39 is 17.9 Å². The minimum absolute atomic E-state index is 0.203. The SMILES string of the molecule is CSCC[C@H](NC(=O)c1ccc(COCc2cnc(-c3ccccc3Cl)o2)cc1-c1ccccc1C)C(=O)O. The minimum atomic E-state index is -1.05. The molecule has 1 heterocycles. The number of nitrogens with zero attached hydrogens (tertiary/aromatic N) is 1. The number of oxazole rings is 1. The number of hydrogen-bond donors (Lipinski definition) is 2. The Morgan fingerprint density at radius 2 is 1.79 bits per heavy atom. The van der Waals surface area contributed by atoms with Crippen LogP contribution in [0.15, 0.2) is 77.3 Å². The first-order valence-electron chi connectivity index (χ1n) is 12.4. The van der Waals surface area contributed by atoms with Crippen LogP contribution in [0.5, 0.6) is 0 Å². The van der Waals surface area contributed by atoms with Crippen molar-refractivity contribution in [3.8, 4) is 22.6 Å². The average molecular weight is 565 g/mol. The fourth-order valence-corrected chi connectivity index (χ4v) is 4.80. The molecule has 0 aliphatic heterocycles. The number of carboxylic acid groups (broad SMARTS) is 1. The summed E-state index contributed by atoms with van der Waals surface area (Å²) in [6.07, 6.45) is 3.85. The summed E-state index contributed by atoms with van der Waals surface area (Å²) < 4.78 is 11.7. The number of hydrogen-bond acceptors (Lipinski definition) is 6. The number of ether oxygens (including phenoxy) is 1. The maximum atomic E-state index is 13.2. The van der Waals surface area contributed by atoms with E-state index in [4.69, 9.17) is 20.8 Å². The van der Waals surface area contributed by atoms with Crippen molar-refractivity contribution in [1.29, 1.82) is 0 Å². The first-order valence-corrected chi connectivity index (χ1v) is 14.1. The van der Waals surface area contributed by atoms with Crippen molar-refractivity contribution in [2.45, 2.75) is 32.6 Å². The zero-order chi connectivity index (χ0) is 27.8. The maximum Gasteiger partial charge on any atom is 0.326 e. The number of carbonyl (C=O) groups excluding carboxylic acids is 1. The zero-order valence-electron chi connectivity index (χ0n) is 21.6. The summed E-state index contributed by atoms with van der Waals surface area (Å²) >= 11 is 7.78. The highest BCUT2D eigenvalue weighted by Gasteiger charge is 2.23. The van der Waals surface area contributed by atoms with Gasteiger partial charge in [0.2, 0.25) is 5.89 Å². The van der Waals surface area contributed by atoms with Crippen LogP contribution < -0.4 is 5.32 Å². The van der Waals surface area contributed by atoms with Crippen molar-refractivity contribution in [1.82, 2.24) is 10.3 Å². The first-order chi connectivity index (χ1) is 18.9. The van der Waals surface area contributed by atoms with Gasteiger partial charge in [-0.15, -0.1) is 0 Å². The predicted molar refractivity (Wildman–Crippen MR) is 154 cm³/mol. The topological polar surface area (TPSA) is 102 Å². The summed E-state index contributed by atoms with van der Waals surface area (Å²) in [5.74, 6) is 0.134. The molecule has 0 fully saturated rings. The number of carboxylic acids is 1. The van der Waals surface area contributed by atoms with E-state index in [0.717, 1.165) is 16.7 Å². The van der Waals surface area contributed by atoms with E-state index in [0.29, 0.717) is 45.5 Å². The van der Waals surface area contributed by atoms with Gasteiger partial charge in [0.05, 0.1) is 23.4 Å². The van der Waals surface area contributed by atoms with Crippen molar-refractivity contribution >= 4 is 35.2 Å². The summed E-state index contributed by atoms with van der Waals surface area (Å²) in [5.41, 5.74) is 4.56. The second kappa shape index (κ2) is 13.5. The smallest absolute Gasteiger partial charge is 0.326 e. The van der Waals surface area contributed by atoms with Gasteiger partial charge in [-0.3, -0.25) is 4.79 Å². The Bertz CT molecular complexity index is 1450. The molecule has 0 saturated carbocycles. The number of aromatic nitrogens is 1. The summed E-state index contributed by atoms with van der Waals surface area (Å²) in [4.78, 5) is 29.3. The highest BCUT2D eigenvalue weighted by atomic mass is 35.5. The molecule has 1 aromatic heterocycles. The largest absolute Gasteiger partial charge is 0.480 e. The van der Waals surface area contributed by atoms with Gasteiger partial charge in [0.1, 0.15) is 12.6 Å². The van der Waals surface area contributed by atoms with Crippen LogP contribution in [-0.2, 0) is 22.7 Å². The molecule has 0 radical (unpaired) electrons. The highest BCUT2D eigenvalue weighted by molar-refractivity contribution is 7.98. The van der Waals surface area contributed by atoms with Gasteiger partial charge >= 0.3 is 5.97 Å². The third-order valence-electron chi connectivity index (χ3n) is 6.15. The normalized spacial score (nSPS) is 11.8. The van der Waals surface area contributed by atoms with E-state index >= 15 is 0 Å². The second-order valence-corrected chi connectivity index (χ2v) is 10.3. The molecule has 9 heteroatoms. The Labute approximate surface area is 236 Å². The van der Waals surface area contributed by atoms with Crippen LogP contribution >= 0.6 is 23.4 Å². The fraction of sp³-hybridized carbons (Fsp3) is 0.233. The lowest BCUT2D eigenvalue weighted by Gasteiger charge is -2.17. The van der Waals surface area contributed by atoms with Gasteiger partial charge in [-0.25, -0.2) is 9.78 Å². The number of aryl methyl sites for hydroxylation is 1. The van der Waals surface area contributed by atoms with E-state index in [9.17, 15) is 14.7 Å². The Kier molecular flexibility index (Phi) is 9.81. The number of nitrogens with one attached hydrogen (secondary N) is 1. The van der Waals surface area contributed by atoms with Gasteiger partial charge in [-0.05, 0) is 71.9 Å². The van der Waals surface area contributed by atoms with Gasteiger partial charge in [-0.2, -0.15) is 11.8 Å². The average Bonchev–Trinajstić information content (AvgIpc) is 3.40. The molecule has 0 saturated heterocycles. The number of carbonyl (C=O) groups is 2. The fourth-order valence-electron chi connectivity index (χ4n) is 4.11. The molecule has 4 aromatic rings. The van der Waals surface area contributed by atoms with Crippen molar-refractivity contribution in [3.63, 3.8) is 0 Å². The molecule has 2 N–H and O–H groups in total. The molecule has 3 aromatic carbocycles. The quantitative estimate of drug-likeness (QED) is 0.199. The minimum Gasteiger partial charge on any atom is -0.480 e. The standard InChI is InChI=1S/C30H29ClN2O5S/c1-19-7-3-4-8-22(19)25-15-20(11-12-23(25)28(34)33-27(30(35)36)13-14-39-2)17-37-18-21-16-32-29(38-21)24-9-5-6-10-26(24)31/h3-12,15-16,27H,13-14,17-18H2,1-2H3,(H,33,34)(H,35,36)/t27-/m0/s1. The molecule has 0 spiro atoms. The van der Waals surface area contributed by atoms with Crippen LogP contribution in [0.1, 0.15) is 33.7 Å². The van der Waals surface area contributed by atoms with Crippen LogP contribution in [-0.4, -0.2) is 40.0 Å². The first kappa shape index (κ1) is 28.4. The monoisotopic (exact) mass is 564 g/mol. The summed E-state index contributed by atoms with van der Waals surface area (Å²) in [5, 5.41) is 12.8. The summed E-state index contributed by atoms with van der Waals surface area (Å²) in [6, 6.07) is 19.5. The van der Waals surface area contributed by atoms with E-state index in [-0.39, 0.29) is 13.2 Å². The highest BCUT2D eigenvalue weighted by Crippen LogP contribution is 2.30. The summed E-state index contributed by atoms with van der Waals surface area (Å²) in [6.45, 7) is 2.45. The molecule has 202 valence electrons. The van der Waals surface area contributed by atoms with Gasteiger partial charge in [0.25, 0.3) is 5.91 Å². The number of halogens is 1. The van der Waals surface area contributed by atoms with Crippen molar-refractivity contribution in [2.75, 3.05) is 12.0 Å². The van der Waals surface area contributed by atoms with Crippen LogP contribution in [0.25, 0.3) is 22.6 Å². The number of rotatable bonds is 12. The lowest BCUT2D eigenvalue weighted by atomic mass is 9.93. The molecule has 0 unspecified atom stereocenters. The molecule has 1 amide bonds. The number of benzene rings is 3. The van der Waals surface area contributed by atoms with Gasteiger partial charge in [-0.1, -0.05) is 54.1 Å². The Balaban J connectivity index is 1.51. The van der Waals surface area contributed by atoms with Crippen molar-refractivity contribution < 1.29 is 23.8 Å². The van der Waals surface area contributed by atoms with E-state index in [2.05, 4.69) is 10.3 Å². The molecular weight excluding hydrogens is 536 g/mol. The Morgan fingerprint density at radius 1 is 1.05 bits per heavy atom. The van der Waals surface area contributed by atoms with E-state index in [1.807, 2.05) is 67.8 Å². The van der Waals surface area contributed by atoms with Gasteiger partial charge in [0.15, 0.2) is 5.76 Å². The Hall–Kier alpha value is -3.59. The summed E-state index contributed by atoms with van der Waals surface area (Å²) in [7, 11) is 0. The van der Waals surface area contributed by atoms with E-state index in [1.54, 1.807) is 18.3 Å². The van der Waals surface area contributed by atoms with Gasteiger partial charge in [0, 0.05) is 5.56 Å². The van der Waals surface area contributed by atoms with Crippen LogP contribution in [0, 0.1) is 6.92 Å². The molecule has 0 aliphatic carbocycles. The molecule has 1 atom stereocenters. The molecule has 0 aliphatic rings. The Morgan fingerprint density at radius 3 is 2.51 bits per heavy atom. The zero-order valence-corrected chi connectivity index (χ0v) is 23.2. The molecular formula is C30H29ClN2O5S. The molecule has 39 heavy (non-hydrogen) atoms. The third-order valence-corrected chi connectivity index (χ3v) is 7.12. The van der Waals surface area contributed by atoms with E-state index in [1.165, 1.54) is 11.8 Å². The lowest BCUT2D eigenvalue weighted by Crippen LogP contribution is -2.41. The van der Waals surface area contributed by atoms with Crippen LogP contribution in [0.3, 0.4) is 0 Å². The van der Waals surface area contributed by atoms with Crippen LogP contribution in [0.2, 0.25) is 5.02 Å². The molecule has 4 rings (SSSR count). The van der Waals surface area contributed by atoms with Crippen molar-refractivity contribution in [2.24, 2.45) is 0 Å². The molecule has 0 bridgehead atoms. The lowest BCUT2D eigenvalue weighted by molar-refractivity contribution is -0.139. The van der Waals surface area contributed by atoms with Gasteiger partial charge < -0.3 is 19.6 Å². The van der Waals surface area contributed by atoms with Crippen LogP contribution in [0.4, 0.5) is 0 Å².